The molecule has 3 aromatic rings. The molecule has 0 bridgehead atoms. The van der Waals surface area contributed by atoms with Crippen molar-refractivity contribution in [2.75, 3.05) is 0 Å². The number of aliphatic carboxylic acids is 1. The molecule has 0 aliphatic carbocycles. The fourth-order valence-electron chi connectivity index (χ4n) is 2.94. The molecule has 3 rings (SSSR count). The molecular weight excluding hydrogens is 368 g/mol. The van der Waals surface area contributed by atoms with Crippen molar-refractivity contribution < 1.29 is 19.4 Å². The van der Waals surface area contributed by atoms with Gasteiger partial charge in [-0.05, 0) is 53.8 Å². The molecule has 0 amide bonds. The summed E-state index contributed by atoms with van der Waals surface area (Å²) in [5.74, 6) is 0.145. The maximum atomic E-state index is 11.2. The maximum Gasteiger partial charge on any atom is 0.344 e. The van der Waals surface area contributed by atoms with E-state index >= 15 is 0 Å². The average Bonchev–Trinajstić information content (AvgIpc) is 2.71. The molecule has 0 aliphatic rings. The van der Waals surface area contributed by atoms with Gasteiger partial charge in [-0.15, -0.1) is 0 Å². The number of benzene rings is 2. The third-order valence-corrected chi connectivity index (χ3v) is 4.38. The van der Waals surface area contributed by atoms with Crippen molar-refractivity contribution in [3.05, 3.63) is 71.8 Å². The first-order valence-electron chi connectivity index (χ1n) is 9.44. The standard InChI is InChI=1S/C23H24N2O4/c1-3-20(23(26)27)29-22-9-5-8-21(25-22)28-19-11-15(2)10-18(13-19)17-7-4-6-16(12-17)14-24/h4-13,20H,3,14,24H2,1-2H3,(H,26,27)/t20-/m1/s1. The third kappa shape index (κ3) is 5.33. The maximum absolute atomic E-state index is 11.2. The summed E-state index contributed by atoms with van der Waals surface area (Å²) in [7, 11) is 0. The predicted molar refractivity (Wildman–Crippen MR) is 111 cm³/mol. The number of carbonyl (C=O) groups is 1. The molecule has 29 heavy (non-hydrogen) atoms. The highest BCUT2D eigenvalue weighted by Gasteiger charge is 2.17. The van der Waals surface area contributed by atoms with Crippen LogP contribution in [0.4, 0.5) is 0 Å². The number of hydrogen-bond acceptors (Lipinski definition) is 5. The SMILES string of the molecule is CC[C@@H](Oc1cccc(Oc2cc(C)cc(-c3cccc(CN)c3)c2)n1)C(=O)O. The van der Waals surface area contributed by atoms with Gasteiger partial charge in [0, 0.05) is 18.7 Å². The van der Waals surface area contributed by atoms with E-state index in [4.69, 9.17) is 20.3 Å². The number of carboxylic acids is 1. The lowest BCUT2D eigenvalue weighted by atomic mass is 10.0. The first kappa shape index (κ1) is 20.4. The molecule has 2 aromatic carbocycles. The van der Waals surface area contributed by atoms with Crippen LogP contribution in [0.2, 0.25) is 0 Å². The number of nitrogens with zero attached hydrogens (tertiary/aromatic N) is 1. The molecule has 0 fully saturated rings. The van der Waals surface area contributed by atoms with E-state index in [1.54, 1.807) is 25.1 Å². The highest BCUT2D eigenvalue weighted by molar-refractivity contribution is 5.72. The van der Waals surface area contributed by atoms with Crippen molar-refractivity contribution >= 4 is 5.97 Å². The fourth-order valence-corrected chi connectivity index (χ4v) is 2.94. The minimum atomic E-state index is -1.02. The van der Waals surface area contributed by atoms with Gasteiger partial charge in [0.05, 0.1) is 0 Å². The molecular formula is C23H24N2O4. The van der Waals surface area contributed by atoms with Crippen LogP contribution in [-0.4, -0.2) is 22.2 Å². The molecule has 0 saturated carbocycles. The van der Waals surface area contributed by atoms with Crippen LogP contribution < -0.4 is 15.2 Å². The van der Waals surface area contributed by atoms with Gasteiger partial charge >= 0.3 is 5.97 Å². The molecule has 6 heteroatoms. The summed E-state index contributed by atoms with van der Waals surface area (Å²) < 4.78 is 11.4. The lowest BCUT2D eigenvalue weighted by Crippen LogP contribution is -2.26. The zero-order valence-electron chi connectivity index (χ0n) is 16.5. The molecule has 1 heterocycles. The summed E-state index contributed by atoms with van der Waals surface area (Å²) in [4.78, 5) is 15.4. The van der Waals surface area contributed by atoms with Gasteiger partial charge in [-0.3, -0.25) is 0 Å². The van der Waals surface area contributed by atoms with Crippen molar-refractivity contribution in [3.8, 4) is 28.6 Å². The molecule has 150 valence electrons. The van der Waals surface area contributed by atoms with Crippen LogP contribution >= 0.6 is 0 Å². The number of hydrogen-bond donors (Lipinski definition) is 2. The third-order valence-electron chi connectivity index (χ3n) is 4.38. The van der Waals surface area contributed by atoms with Crippen molar-refractivity contribution in [1.29, 1.82) is 0 Å². The second-order valence-corrected chi connectivity index (χ2v) is 6.71. The van der Waals surface area contributed by atoms with Crippen LogP contribution in [0.25, 0.3) is 11.1 Å². The number of carboxylic acid groups (broad SMARTS) is 1. The van der Waals surface area contributed by atoms with Gasteiger partial charge in [0.2, 0.25) is 11.8 Å². The highest BCUT2D eigenvalue weighted by atomic mass is 16.5. The summed E-state index contributed by atoms with van der Waals surface area (Å²) in [6.07, 6.45) is -0.608. The Balaban J connectivity index is 1.84. The Labute approximate surface area is 169 Å². The monoisotopic (exact) mass is 392 g/mol. The van der Waals surface area contributed by atoms with Crippen molar-refractivity contribution in [2.45, 2.75) is 32.9 Å². The number of ether oxygens (including phenoxy) is 2. The zero-order chi connectivity index (χ0) is 20.8. The number of aryl methyl sites for hydroxylation is 1. The van der Waals surface area contributed by atoms with E-state index in [-0.39, 0.29) is 5.88 Å². The van der Waals surface area contributed by atoms with Crippen molar-refractivity contribution in [3.63, 3.8) is 0 Å². The van der Waals surface area contributed by atoms with Gasteiger partial charge in [-0.2, -0.15) is 4.98 Å². The van der Waals surface area contributed by atoms with Gasteiger partial charge in [0.25, 0.3) is 0 Å². The quantitative estimate of drug-likeness (QED) is 0.584. The number of pyridine rings is 1. The van der Waals surface area contributed by atoms with Crippen LogP contribution in [0.5, 0.6) is 17.5 Å². The van der Waals surface area contributed by atoms with E-state index in [0.717, 1.165) is 22.3 Å². The normalized spacial score (nSPS) is 11.7. The van der Waals surface area contributed by atoms with E-state index in [0.29, 0.717) is 24.6 Å². The summed E-state index contributed by atoms with van der Waals surface area (Å²) in [5, 5.41) is 9.15. The Morgan fingerprint density at radius 2 is 1.83 bits per heavy atom. The summed E-state index contributed by atoms with van der Waals surface area (Å²) in [6.45, 7) is 4.22. The summed E-state index contributed by atoms with van der Waals surface area (Å²) >= 11 is 0. The molecule has 3 N–H and O–H groups in total. The summed E-state index contributed by atoms with van der Waals surface area (Å²) in [5.41, 5.74) is 9.92. The molecule has 0 unspecified atom stereocenters. The first-order valence-corrected chi connectivity index (χ1v) is 9.44. The van der Waals surface area contributed by atoms with Gasteiger partial charge in [0.15, 0.2) is 6.10 Å². The van der Waals surface area contributed by atoms with Crippen LogP contribution in [0.3, 0.4) is 0 Å². The first-order chi connectivity index (χ1) is 14.0. The van der Waals surface area contributed by atoms with Crippen LogP contribution in [0, 0.1) is 6.92 Å². The Hall–Kier alpha value is -3.38. The van der Waals surface area contributed by atoms with Crippen molar-refractivity contribution in [1.82, 2.24) is 4.98 Å². The van der Waals surface area contributed by atoms with E-state index < -0.39 is 12.1 Å². The number of aromatic nitrogens is 1. The van der Waals surface area contributed by atoms with Crippen LogP contribution in [0.15, 0.2) is 60.7 Å². The second kappa shape index (κ2) is 9.21. The number of rotatable bonds is 8. The van der Waals surface area contributed by atoms with Crippen molar-refractivity contribution in [2.24, 2.45) is 5.73 Å². The topological polar surface area (TPSA) is 94.7 Å². The van der Waals surface area contributed by atoms with Gasteiger partial charge < -0.3 is 20.3 Å². The minimum absolute atomic E-state index is 0.209. The zero-order valence-corrected chi connectivity index (χ0v) is 16.5. The number of nitrogens with two attached hydrogens (primary N) is 1. The highest BCUT2D eigenvalue weighted by Crippen LogP contribution is 2.29. The Bertz CT molecular complexity index is 1000. The van der Waals surface area contributed by atoms with E-state index in [9.17, 15) is 4.79 Å². The van der Waals surface area contributed by atoms with Gasteiger partial charge in [-0.1, -0.05) is 37.3 Å². The van der Waals surface area contributed by atoms with E-state index in [2.05, 4.69) is 17.1 Å². The van der Waals surface area contributed by atoms with E-state index in [1.807, 2.05) is 37.3 Å². The lowest BCUT2D eigenvalue weighted by molar-refractivity contribution is -0.145. The molecule has 1 aromatic heterocycles. The molecule has 0 aliphatic heterocycles. The Morgan fingerprint density at radius 3 is 2.55 bits per heavy atom. The molecule has 0 spiro atoms. The average molecular weight is 392 g/mol. The largest absolute Gasteiger partial charge is 0.479 e. The predicted octanol–water partition coefficient (Wildman–Crippen LogP) is 4.55. The molecule has 0 radical (unpaired) electrons. The second-order valence-electron chi connectivity index (χ2n) is 6.71. The van der Waals surface area contributed by atoms with E-state index in [1.165, 1.54) is 0 Å². The summed E-state index contributed by atoms with van der Waals surface area (Å²) in [6, 6.07) is 19.0. The van der Waals surface area contributed by atoms with Gasteiger partial charge in [-0.25, -0.2) is 4.79 Å². The molecule has 1 atom stereocenters. The Morgan fingerprint density at radius 1 is 1.07 bits per heavy atom. The smallest absolute Gasteiger partial charge is 0.344 e. The fraction of sp³-hybridized carbons (Fsp3) is 0.217. The van der Waals surface area contributed by atoms with Gasteiger partial charge in [0.1, 0.15) is 5.75 Å². The lowest BCUT2D eigenvalue weighted by Gasteiger charge is -2.13. The minimum Gasteiger partial charge on any atom is -0.479 e. The molecule has 6 nitrogen and oxygen atoms in total. The molecule has 0 saturated heterocycles. The Kier molecular flexibility index (Phi) is 6.46. The van der Waals surface area contributed by atoms with Crippen LogP contribution in [0.1, 0.15) is 24.5 Å². The van der Waals surface area contributed by atoms with Crippen LogP contribution in [-0.2, 0) is 11.3 Å².